The van der Waals surface area contributed by atoms with Gasteiger partial charge >= 0.3 is 0 Å². The number of fused-ring (bicyclic) bond motifs is 1. The van der Waals surface area contributed by atoms with Crippen molar-refractivity contribution in [1.82, 2.24) is 0 Å². The van der Waals surface area contributed by atoms with Gasteiger partial charge in [-0.05, 0) is 37.1 Å². The number of hydrogen-bond acceptors (Lipinski definition) is 3. The number of hydrogen-bond donors (Lipinski definition) is 0. The van der Waals surface area contributed by atoms with E-state index >= 15 is 0 Å². The Morgan fingerprint density at radius 2 is 1.43 bits per heavy atom. The Balaban J connectivity index is 1.84. The summed E-state index contributed by atoms with van der Waals surface area (Å²) in [4.78, 5) is 28.5. The van der Waals surface area contributed by atoms with Crippen LogP contribution in [-0.4, -0.2) is 24.9 Å². The van der Waals surface area contributed by atoms with Crippen molar-refractivity contribution in [3.63, 3.8) is 0 Å². The zero-order chi connectivity index (χ0) is 16.0. The predicted octanol–water partition coefficient (Wildman–Crippen LogP) is 3.23. The summed E-state index contributed by atoms with van der Waals surface area (Å²) >= 11 is 0. The van der Waals surface area contributed by atoms with Gasteiger partial charge in [-0.15, -0.1) is 0 Å². The van der Waals surface area contributed by atoms with Gasteiger partial charge in [0.15, 0.2) is 0 Å². The van der Waals surface area contributed by atoms with Crippen LogP contribution in [0.3, 0.4) is 0 Å². The quantitative estimate of drug-likeness (QED) is 0.800. The van der Waals surface area contributed by atoms with Gasteiger partial charge in [0.2, 0.25) is 0 Å². The lowest BCUT2D eigenvalue weighted by Crippen LogP contribution is -2.32. The number of halogens is 1. The van der Waals surface area contributed by atoms with Gasteiger partial charge in [0.05, 0.1) is 22.5 Å². The summed E-state index contributed by atoms with van der Waals surface area (Å²) in [6, 6.07) is 11.0. The molecule has 2 aromatic rings. The molecule has 2 aromatic carbocycles. The molecule has 0 unspecified atom stereocenters. The molecule has 23 heavy (non-hydrogen) atoms. The van der Waals surface area contributed by atoms with Gasteiger partial charge in [0.25, 0.3) is 11.8 Å². The fraction of sp³-hybridized carbons (Fsp3) is 0.222. The van der Waals surface area contributed by atoms with Crippen molar-refractivity contribution in [3.8, 4) is 0 Å². The van der Waals surface area contributed by atoms with E-state index in [1.165, 1.54) is 12.1 Å². The molecule has 0 radical (unpaired) electrons. The molecule has 2 aliphatic rings. The minimum absolute atomic E-state index is 0.332. The fourth-order valence-corrected chi connectivity index (χ4v) is 3.31. The van der Waals surface area contributed by atoms with Crippen molar-refractivity contribution in [2.45, 2.75) is 12.8 Å². The molecule has 0 atom stereocenters. The van der Waals surface area contributed by atoms with E-state index in [1.807, 2.05) is 0 Å². The number of imide groups is 1. The van der Waals surface area contributed by atoms with Gasteiger partial charge < -0.3 is 4.90 Å². The average Bonchev–Trinajstić information content (AvgIpc) is 3.16. The van der Waals surface area contributed by atoms with Crippen molar-refractivity contribution in [3.05, 3.63) is 59.4 Å². The molecule has 0 aromatic heterocycles. The molecule has 4 nitrogen and oxygen atoms in total. The highest BCUT2D eigenvalue weighted by Crippen LogP contribution is 2.37. The van der Waals surface area contributed by atoms with Gasteiger partial charge in [-0.2, -0.15) is 0 Å². The maximum atomic E-state index is 13.8. The number of carbonyl (C=O) groups is 2. The average molecular weight is 310 g/mol. The molecule has 5 heteroatoms. The zero-order valence-electron chi connectivity index (χ0n) is 12.5. The van der Waals surface area contributed by atoms with E-state index in [4.69, 9.17) is 0 Å². The Bertz CT molecular complexity index is 777. The summed E-state index contributed by atoms with van der Waals surface area (Å²) in [6.07, 6.45) is 2.11. The van der Waals surface area contributed by atoms with Crippen LogP contribution in [0.15, 0.2) is 42.5 Å². The Kier molecular flexibility index (Phi) is 3.15. The first-order valence-electron chi connectivity index (χ1n) is 7.69. The molecule has 0 bridgehead atoms. The van der Waals surface area contributed by atoms with Gasteiger partial charge in [-0.3, -0.25) is 9.59 Å². The zero-order valence-corrected chi connectivity index (χ0v) is 12.5. The van der Waals surface area contributed by atoms with Gasteiger partial charge in [-0.25, -0.2) is 9.29 Å². The van der Waals surface area contributed by atoms with Crippen LogP contribution in [0.5, 0.6) is 0 Å². The van der Waals surface area contributed by atoms with Crippen LogP contribution >= 0.6 is 0 Å². The second kappa shape index (κ2) is 5.19. The Morgan fingerprint density at radius 3 is 2.04 bits per heavy atom. The van der Waals surface area contributed by atoms with Crippen molar-refractivity contribution < 1.29 is 14.0 Å². The SMILES string of the molecule is O=C1c2ccccc2C(=O)N1c1cc(F)ccc1N1CCCC1. The van der Waals surface area contributed by atoms with Crippen molar-refractivity contribution in [1.29, 1.82) is 0 Å². The molecule has 1 saturated heterocycles. The molecule has 0 N–H and O–H groups in total. The first-order chi connectivity index (χ1) is 11.2. The summed E-state index contributed by atoms with van der Waals surface area (Å²) in [5, 5.41) is 0. The largest absolute Gasteiger partial charge is 0.370 e. The lowest BCUT2D eigenvalue weighted by molar-refractivity contribution is 0.0926. The maximum absolute atomic E-state index is 13.8. The number of anilines is 2. The summed E-state index contributed by atoms with van der Waals surface area (Å²) in [7, 11) is 0. The summed E-state index contributed by atoms with van der Waals surface area (Å²) in [5.41, 5.74) is 1.81. The molecule has 1 fully saturated rings. The van der Waals surface area contributed by atoms with Crippen molar-refractivity contribution >= 4 is 23.2 Å². The number of benzene rings is 2. The van der Waals surface area contributed by atoms with Crippen LogP contribution in [-0.2, 0) is 0 Å². The molecule has 2 aliphatic heterocycles. The first-order valence-corrected chi connectivity index (χ1v) is 7.69. The monoisotopic (exact) mass is 310 g/mol. The third-order valence-electron chi connectivity index (χ3n) is 4.42. The number of amides is 2. The molecule has 4 rings (SSSR count). The van der Waals surface area contributed by atoms with E-state index in [2.05, 4.69) is 4.90 Å². The maximum Gasteiger partial charge on any atom is 0.266 e. The van der Waals surface area contributed by atoms with Crippen molar-refractivity contribution in [2.75, 3.05) is 22.9 Å². The van der Waals surface area contributed by atoms with Crippen molar-refractivity contribution in [2.24, 2.45) is 0 Å². The number of carbonyl (C=O) groups excluding carboxylic acids is 2. The second-order valence-corrected chi connectivity index (χ2v) is 5.82. The van der Waals surface area contributed by atoms with E-state index in [9.17, 15) is 14.0 Å². The Morgan fingerprint density at radius 1 is 0.826 bits per heavy atom. The lowest BCUT2D eigenvalue weighted by Gasteiger charge is -2.25. The van der Waals surface area contributed by atoms with E-state index in [0.29, 0.717) is 16.8 Å². The molecular formula is C18H15FN2O2. The first kappa shape index (κ1) is 13.9. The predicted molar refractivity (Wildman–Crippen MR) is 85.4 cm³/mol. The molecule has 2 amide bonds. The van der Waals surface area contributed by atoms with Crippen LogP contribution in [0.2, 0.25) is 0 Å². The lowest BCUT2D eigenvalue weighted by atomic mass is 10.1. The smallest absolute Gasteiger partial charge is 0.266 e. The highest BCUT2D eigenvalue weighted by molar-refractivity contribution is 6.35. The Labute approximate surface area is 133 Å². The third-order valence-corrected chi connectivity index (χ3v) is 4.42. The molecule has 0 saturated carbocycles. The van der Waals surface area contributed by atoms with E-state index in [-0.39, 0.29) is 0 Å². The summed E-state index contributed by atoms with van der Waals surface area (Å²) in [6.45, 7) is 1.70. The summed E-state index contributed by atoms with van der Waals surface area (Å²) < 4.78 is 13.8. The molecule has 0 aliphatic carbocycles. The number of nitrogens with zero attached hydrogens (tertiary/aromatic N) is 2. The molecular weight excluding hydrogens is 295 g/mol. The highest BCUT2D eigenvalue weighted by atomic mass is 19.1. The summed E-state index contributed by atoms with van der Waals surface area (Å²) in [5.74, 6) is -1.24. The normalized spacial score (nSPS) is 17.1. The molecule has 116 valence electrons. The second-order valence-electron chi connectivity index (χ2n) is 5.82. The number of rotatable bonds is 2. The van der Waals surface area contributed by atoms with E-state index < -0.39 is 17.6 Å². The van der Waals surface area contributed by atoms with Crippen LogP contribution in [0.1, 0.15) is 33.6 Å². The van der Waals surface area contributed by atoms with E-state index in [1.54, 1.807) is 30.3 Å². The third kappa shape index (κ3) is 2.11. The topological polar surface area (TPSA) is 40.6 Å². The van der Waals surface area contributed by atoms with Crippen LogP contribution in [0.25, 0.3) is 0 Å². The minimum Gasteiger partial charge on any atom is -0.370 e. The highest BCUT2D eigenvalue weighted by Gasteiger charge is 2.38. The van der Waals surface area contributed by atoms with Gasteiger partial charge in [0, 0.05) is 19.2 Å². The van der Waals surface area contributed by atoms with Gasteiger partial charge in [0.1, 0.15) is 5.82 Å². The standard InChI is InChI=1S/C18H15FN2O2/c19-12-7-8-15(20-9-3-4-10-20)16(11-12)21-17(22)13-5-1-2-6-14(13)18(21)23/h1-2,5-8,11H,3-4,9-10H2. The van der Waals surface area contributed by atoms with E-state index in [0.717, 1.165) is 36.5 Å². The Hall–Kier alpha value is -2.69. The van der Waals surface area contributed by atoms with Crippen LogP contribution < -0.4 is 9.80 Å². The molecule has 2 heterocycles. The van der Waals surface area contributed by atoms with Crippen LogP contribution in [0, 0.1) is 5.82 Å². The fourth-order valence-electron chi connectivity index (χ4n) is 3.31. The molecule has 0 spiro atoms. The van der Waals surface area contributed by atoms with Gasteiger partial charge in [-0.1, -0.05) is 12.1 Å². The minimum atomic E-state index is -0.459. The van der Waals surface area contributed by atoms with Crippen LogP contribution in [0.4, 0.5) is 15.8 Å².